The largest absolute Gasteiger partial charge is 0.492 e. The predicted octanol–water partition coefficient (Wildman–Crippen LogP) is 4.27. The Morgan fingerprint density at radius 3 is 2.39 bits per heavy atom. The molecule has 0 fully saturated rings. The molecular weight excluding hydrogens is 417 g/mol. The summed E-state index contributed by atoms with van der Waals surface area (Å²) in [7, 11) is -3.48. The van der Waals surface area contributed by atoms with Gasteiger partial charge in [-0.3, -0.25) is 0 Å². The lowest BCUT2D eigenvalue weighted by atomic mass is 10.1. The predicted molar refractivity (Wildman–Crippen MR) is 116 cm³/mol. The second-order valence-corrected chi connectivity index (χ2v) is 9.45. The first-order valence-electron chi connectivity index (χ1n) is 10.1. The smallest absolute Gasteiger partial charge is 0.218 e. The SMILES string of the molecule is O=S(=O)(Cc1ccccc1)N1CCOc2ccc(COCc3ccc(F)cc3)cc2C1. The Morgan fingerprint density at radius 1 is 0.903 bits per heavy atom. The number of rotatable bonds is 7. The second-order valence-electron chi connectivity index (χ2n) is 7.49. The molecule has 1 aliphatic heterocycles. The molecule has 31 heavy (non-hydrogen) atoms. The van der Waals surface area contributed by atoms with Crippen molar-refractivity contribution in [1.82, 2.24) is 4.31 Å². The summed E-state index contributed by atoms with van der Waals surface area (Å²) in [6.45, 7) is 1.60. The van der Waals surface area contributed by atoms with Crippen LogP contribution in [-0.4, -0.2) is 25.9 Å². The molecule has 1 aliphatic rings. The molecule has 0 aliphatic carbocycles. The minimum atomic E-state index is -3.48. The highest BCUT2D eigenvalue weighted by molar-refractivity contribution is 7.88. The Kier molecular flexibility index (Phi) is 6.65. The number of sulfonamides is 1. The van der Waals surface area contributed by atoms with E-state index in [1.165, 1.54) is 16.4 Å². The lowest BCUT2D eigenvalue weighted by Gasteiger charge is -2.19. The van der Waals surface area contributed by atoms with E-state index in [9.17, 15) is 12.8 Å². The van der Waals surface area contributed by atoms with Crippen LogP contribution in [0.25, 0.3) is 0 Å². The molecule has 5 nitrogen and oxygen atoms in total. The van der Waals surface area contributed by atoms with E-state index in [2.05, 4.69) is 0 Å². The van der Waals surface area contributed by atoms with Crippen LogP contribution in [-0.2, 0) is 40.3 Å². The van der Waals surface area contributed by atoms with Crippen LogP contribution < -0.4 is 4.74 Å². The van der Waals surface area contributed by atoms with Crippen LogP contribution in [0.15, 0.2) is 72.8 Å². The molecule has 3 aromatic rings. The van der Waals surface area contributed by atoms with E-state index in [-0.39, 0.29) is 18.1 Å². The molecule has 1 heterocycles. The summed E-state index contributed by atoms with van der Waals surface area (Å²) in [5, 5.41) is 0. The Balaban J connectivity index is 1.43. The van der Waals surface area contributed by atoms with Gasteiger partial charge in [0.1, 0.15) is 18.2 Å². The minimum absolute atomic E-state index is 0.0381. The van der Waals surface area contributed by atoms with E-state index >= 15 is 0 Å². The number of hydrogen-bond acceptors (Lipinski definition) is 4. The van der Waals surface area contributed by atoms with Crippen molar-refractivity contribution in [1.29, 1.82) is 0 Å². The van der Waals surface area contributed by atoms with Crippen LogP contribution in [0.3, 0.4) is 0 Å². The molecule has 0 saturated carbocycles. The maximum atomic E-state index is 13.0. The van der Waals surface area contributed by atoms with Crippen molar-refractivity contribution in [2.24, 2.45) is 0 Å². The lowest BCUT2D eigenvalue weighted by Crippen LogP contribution is -2.33. The van der Waals surface area contributed by atoms with Gasteiger partial charge in [0.2, 0.25) is 10.0 Å². The van der Waals surface area contributed by atoms with Crippen molar-refractivity contribution < 1.29 is 22.3 Å². The molecular formula is C24H24FNO4S. The Hall–Kier alpha value is -2.74. The fraction of sp³-hybridized carbons (Fsp3) is 0.250. The van der Waals surface area contributed by atoms with Crippen molar-refractivity contribution in [3.8, 4) is 5.75 Å². The van der Waals surface area contributed by atoms with Gasteiger partial charge in [-0.25, -0.2) is 12.8 Å². The molecule has 0 N–H and O–H groups in total. The summed E-state index contributed by atoms with van der Waals surface area (Å²) in [6.07, 6.45) is 0. The zero-order valence-electron chi connectivity index (χ0n) is 17.0. The summed E-state index contributed by atoms with van der Waals surface area (Å²) in [6, 6.07) is 21.1. The maximum Gasteiger partial charge on any atom is 0.218 e. The monoisotopic (exact) mass is 441 g/mol. The number of benzene rings is 3. The first kappa shape index (κ1) is 21.5. The molecule has 162 valence electrons. The number of nitrogens with zero attached hydrogens (tertiary/aromatic N) is 1. The fourth-order valence-electron chi connectivity index (χ4n) is 3.49. The highest BCUT2D eigenvalue weighted by Gasteiger charge is 2.26. The molecule has 0 amide bonds. The van der Waals surface area contributed by atoms with E-state index < -0.39 is 10.0 Å². The van der Waals surface area contributed by atoms with Gasteiger partial charge in [-0.2, -0.15) is 4.31 Å². The maximum absolute atomic E-state index is 13.0. The molecule has 0 saturated heterocycles. The average Bonchev–Trinajstić information content (AvgIpc) is 2.98. The molecule has 0 spiro atoms. The van der Waals surface area contributed by atoms with Gasteiger partial charge in [-0.05, 0) is 41.0 Å². The quantitative estimate of drug-likeness (QED) is 0.550. The Bertz CT molecular complexity index is 1120. The molecule has 0 bridgehead atoms. The van der Waals surface area contributed by atoms with Crippen molar-refractivity contribution in [2.45, 2.75) is 25.5 Å². The number of fused-ring (bicyclic) bond motifs is 1. The molecule has 0 aromatic heterocycles. The molecule has 4 rings (SSSR count). The van der Waals surface area contributed by atoms with E-state index in [1.54, 1.807) is 12.1 Å². The van der Waals surface area contributed by atoms with E-state index in [0.29, 0.717) is 32.1 Å². The summed E-state index contributed by atoms with van der Waals surface area (Å²) in [5.41, 5.74) is 3.39. The van der Waals surface area contributed by atoms with Crippen LogP contribution in [0.4, 0.5) is 4.39 Å². The highest BCUT2D eigenvalue weighted by Crippen LogP contribution is 2.27. The lowest BCUT2D eigenvalue weighted by molar-refractivity contribution is 0.107. The van der Waals surface area contributed by atoms with Gasteiger partial charge < -0.3 is 9.47 Å². The van der Waals surface area contributed by atoms with E-state index in [1.807, 2.05) is 48.5 Å². The first-order valence-corrected chi connectivity index (χ1v) is 11.7. The van der Waals surface area contributed by atoms with Crippen molar-refractivity contribution >= 4 is 10.0 Å². The van der Waals surface area contributed by atoms with Gasteiger partial charge in [0, 0.05) is 18.7 Å². The second kappa shape index (κ2) is 9.60. The van der Waals surface area contributed by atoms with Crippen LogP contribution in [0.5, 0.6) is 5.75 Å². The standard InChI is InChI=1S/C24H24FNO4S/c25-23-9-6-19(7-10-23)16-29-17-21-8-11-24-22(14-21)15-26(12-13-30-24)31(27,28)18-20-4-2-1-3-5-20/h1-11,14H,12-13,15-18H2. The van der Waals surface area contributed by atoms with Crippen LogP contribution in [0, 0.1) is 5.82 Å². The van der Waals surface area contributed by atoms with Crippen molar-refractivity contribution in [3.05, 3.63) is 101 Å². The van der Waals surface area contributed by atoms with Crippen LogP contribution >= 0.6 is 0 Å². The fourth-order valence-corrected chi connectivity index (χ4v) is 4.98. The summed E-state index contributed by atoms with van der Waals surface area (Å²) in [5.74, 6) is 0.380. The van der Waals surface area contributed by atoms with Gasteiger partial charge in [-0.1, -0.05) is 48.5 Å². The van der Waals surface area contributed by atoms with E-state index in [0.717, 1.165) is 22.3 Å². The van der Waals surface area contributed by atoms with Crippen molar-refractivity contribution in [3.63, 3.8) is 0 Å². The normalized spacial score (nSPS) is 14.5. The molecule has 7 heteroatoms. The third-order valence-electron chi connectivity index (χ3n) is 5.11. The molecule has 0 unspecified atom stereocenters. The van der Waals surface area contributed by atoms with Gasteiger partial charge in [-0.15, -0.1) is 0 Å². The van der Waals surface area contributed by atoms with Gasteiger partial charge in [0.25, 0.3) is 0 Å². The van der Waals surface area contributed by atoms with Crippen molar-refractivity contribution in [2.75, 3.05) is 13.2 Å². The summed E-state index contributed by atoms with van der Waals surface area (Å²) < 4.78 is 52.0. The molecule has 0 atom stereocenters. The number of halogens is 1. The van der Waals surface area contributed by atoms with Gasteiger partial charge >= 0.3 is 0 Å². The number of hydrogen-bond donors (Lipinski definition) is 0. The number of ether oxygens (including phenoxy) is 2. The zero-order valence-corrected chi connectivity index (χ0v) is 17.9. The minimum Gasteiger partial charge on any atom is -0.492 e. The third kappa shape index (κ3) is 5.70. The zero-order chi connectivity index (χ0) is 21.7. The summed E-state index contributed by atoms with van der Waals surface area (Å²) in [4.78, 5) is 0. The topological polar surface area (TPSA) is 55.8 Å². The van der Waals surface area contributed by atoms with Gasteiger partial charge in [0.15, 0.2) is 0 Å². The highest BCUT2D eigenvalue weighted by atomic mass is 32.2. The first-order chi connectivity index (χ1) is 15.0. The molecule has 0 radical (unpaired) electrons. The van der Waals surface area contributed by atoms with E-state index in [4.69, 9.17) is 9.47 Å². The average molecular weight is 442 g/mol. The Morgan fingerprint density at radius 2 is 1.61 bits per heavy atom. The van der Waals surface area contributed by atoms with Crippen LogP contribution in [0.1, 0.15) is 22.3 Å². The Labute approximate surface area is 182 Å². The summed E-state index contributed by atoms with van der Waals surface area (Å²) >= 11 is 0. The van der Waals surface area contributed by atoms with Gasteiger partial charge in [0.05, 0.1) is 19.0 Å². The van der Waals surface area contributed by atoms with Crippen LogP contribution in [0.2, 0.25) is 0 Å². The molecule has 3 aromatic carbocycles. The third-order valence-corrected chi connectivity index (χ3v) is 6.90.